The van der Waals surface area contributed by atoms with Crippen LogP contribution in [0.4, 0.5) is 0 Å². The Bertz CT molecular complexity index is 681. The molecule has 0 aromatic heterocycles. The van der Waals surface area contributed by atoms with Gasteiger partial charge in [0.05, 0.1) is 20.4 Å². The molecule has 0 unspecified atom stereocenters. The molecule has 6 nitrogen and oxygen atoms in total. The Hall–Kier alpha value is -3.02. The fraction of sp³-hybridized carbons (Fsp3) is 0.125. The first-order valence-corrected chi connectivity index (χ1v) is 6.48. The molecule has 0 atom stereocenters. The molecule has 0 aliphatic heterocycles. The molecule has 0 saturated heterocycles. The second-order valence-corrected chi connectivity index (χ2v) is 4.36. The van der Waals surface area contributed by atoms with Gasteiger partial charge < -0.3 is 14.6 Å². The lowest BCUT2D eigenvalue weighted by Crippen LogP contribution is -2.17. The van der Waals surface area contributed by atoms with E-state index in [1.807, 2.05) is 0 Å². The molecule has 1 amide bonds. The minimum Gasteiger partial charge on any atom is -0.504 e. The van der Waals surface area contributed by atoms with Gasteiger partial charge in [0.25, 0.3) is 5.91 Å². The van der Waals surface area contributed by atoms with E-state index < -0.39 is 0 Å². The van der Waals surface area contributed by atoms with Gasteiger partial charge in [-0.25, -0.2) is 5.43 Å². The maximum Gasteiger partial charge on any atom is 0.271 e. The van der Waals surface area contributed by atoms with Crippen molar-refractivity contribution in [2.75, 3.05) is 14.2 Å². The number of ether oxygens (including phenoxy) is 2. The summed E-state index contributed by atoms with van der Waals surface area (Å²) in [6.07, 6.45) is 1.43. The quantitative estimate of drug-likeness (QED) is 0.655. The lowest BCUT2D eigenvalue weighted by molar-refractivity contribution is 0.0955. The number of carbonyl (C=O) groups is 1. The number of nitrogens with one attached hydrogen (secondary N) is 1. The number of benzene rings is 2. The summed E-state index contributed by atoms with van der Waals surface area (Å²) in [6, 6.07) is 11.5. The van der Waals surface area contributed by atoms with E-state index in [9.17, 15) is 9.90 Å². The van der Waals surface area contributed by atoms with Crippen molar-refractivity contribution >= 4 is 12.1 Å². The minimum atomic E-state index is -0.336. The summed E-state index contributed by atoms with van der Waals surface area (Å²) in [5.74, 6) is 0.720. The van der Waals surface area contributed by atoms with Crippen molar-refractivity contribution in [1.29, 1.82) is 0 Å². The monoisotopic (exact) mass is 300 g/mol. The van der Waals surface area contributed by atoms with Crippen molar-refractivity contribution < 1.29 is 19.4 Å². The third-order valence-electron chi connectivity index (χ3n) is 2.93. The number of hydrogen-bond donors (Lipinski definition) is 2. The molecular formula is C16H16N2O4. The average molecular weight is 300 g/mol. The van der Waals surface area contributed by atoms with Crippen molar-refractivity contribution in [3.05, 3.63) is 53.6 Å². The fourth-order valence-corrected chi connectivity index (χ4v) is 1.76. The van der Waals surface area contributed by atoms with Gasteiger partial charge in [0.15, 0.2) is 11.5 Å². The number of rotatable bonds is 5. The third kappa shape index (κ3) is 3.76. The molecule has 22 heavy (non-hydrogen) atoms. The van der Waals surface area contributed by atoms with Crippen LogP contribution in [0.2, 0.25) is 0 Å². The first kappa shape index (κ1) is 15.4. The topological polar surface area (TPSA) is 80.2 Å². The molecule has 2 aromatic carbocycles. The number of hydrazone groups is 1. The predicted molar refractivity (Wildman–Crippen MR) is 82.7 cm³/mol. The molecule has 0 aliphatic rings. The summed E-state index contributed by atoms with van der Waals surface area (Å²) in [5, 5.41) is 13.5. The van der Waals surface area contributed by atoms with Gasteiger partial charge >= 0.3 is 0 Å². The van der Waals surface area contributed by atoms with Crippen LogP contribution in [0.25, 0.3) is 0 Å². The van der Waals surface area contributed by atoms with Gasteiger partial charge in [-0.05, 0) is 48.0 Å². The highest BCUT2D eigenvalue weighted by molar-refractivity contribution is 5.95. The molecule has 0 radical (unpaired) electrons. The summed E-state index contributed by atoms with van der Waals surface area (Å²) < 4.78 is 9.97. The number of phenolic OH excluding ortho intramolecular Hbond substituents is 1. The number of hydrogen-bond acceptors (Lipinski definition) is 5. The number of carbonyl (C=O) groups excluding carboxylic acids is 1. The number of nitrogens with zero attached hydrogens (tertiary/aromatic N) is 1. The molecule has 0 spiro atoms. The van der Waals surface area contributed by atoms with Gasteiger partial charge in [0, 0.05) is 5.56 Å². The van der Waals surface area contributed by atoms with Crippen LogP contribution in [0.1, 0.15) is 15.9 Å². The Morgan fingerprint density at radius 1 is 1.14 bits per heavy atom. The van der Waals surface area contributed by atoms with E-state index in [0.717, 1.165) is 0 Å². The van der Waals surface area contributed by atoms with Crippen molar-refractivity contribution in [3.8, 4) is 17.2 Å². The zero-order chi connectivity index (χ0) is 15.9. The highest BCUT2D eigenvalue weighted by Crippen LogP contribution is 2.25. The van der Waals surface area contributed by atoms with Crippen molar-refractivity contribution in [3.63, 3.8) is 0 Å². The SMILES string of the molecule is COc1ccc(C(=O)N/N=C\c2ccc(OC)c(O)c2)cc1. The van der Waals surface area contributed by atoms with Crippen molar-refractivity contribution in [1.82, 2.24) is 5.43 Å². The van der Waals surface area contributed by atoms with Crippen LogP contribution in [0.3, 0.4) is 0 Å². The van der Waals surface area contributed by atoms with Gasteiger partial charge in [-0.3, -0.25) is 4.79 Å². The molecule has 2 rings (SSSR count). The van der Waals surface area contributed by atoms with Crippen LogP contribution >= 0.6 is 0 Å². The van der Waals surface area contributed by atoms with Crippen LogP contribution in [-0.4, -0.2) is 31.4 Å². The Kier molecular flexibility index (Phi) is 4.98. The smallest absolute Gasteiger partial charge is 0.271 e. The second-order valence-electron chi connectivity index (χ2n) is 4.36. The van der Waals surface area contributed by atoms with E-state index in [2.05, 4.69) is 10.5 Å². The largest absolute Gasteiger partial charge is 0.504 e. The zero-order valence-corrected chi connectivity index (χ0v) is 12.2. The number of amides is 1. The lowest BCUT2D eigenvalue weighted by atomic mass is 10.2. The van der Waals surface area contributed by atoms with Gasteiger partial charge in [-0.2, -0.15) is 5.10 Å². The van der Waals surface area contributed by atoms with Gasteiger partial charge in [-0.1, -0.05) is 0 Å². The van der Waals surface area contributed by atoms with E-state index in [-0.39, 0.29) is 11.7 Å². The average Bonchev–Trinajstić information content (AvgIpc) is 2.55. The second kappa shape index (κ2) is 7.12. The van der Waals surface area contributed by atoms with Crippen LogP contribution in [-0.2, 0) is 0 Å². The number of phenols is 1. The summed E-state index contributed by atoms with van der Waals surface area (Å²) >= 11 is 0. The summed E-state index contributed by atoms with van der Waals surface area (Å²) in [6.45, 7) is 0. The lowest BCUT2D eigenvalue weighted by Gasteiger charge is -2.03. The number of methoxy groups -OCH3 is 2. The van der Waals surface area contributed by atoms with Crippen LogP contribution < -0.4 is 14.9 Å². The Morgan fingerprint density at radius 3 is 2.45 bits per heavy atom. The Labute approximate surface area is 128 Å². The molecule has 6 heteroatoms. The summed E-state index contributed by atoms with van der Waals surface area (Å²) in [5.41, 5.74) is 3.51. The van der Waals surface area contributed by atoms with Crippen LogP contribution in [0.15, 0.2) is 47.6 Å². The normalized spacial score (nSPS) is 10.5. The molecule has 0 bridgehead atoms. The van der Waals surface area contributed by atoms with Crippen LogP contribution in [0, 0.1) is 0 Å². The summed E-state index contributed by atoms with van der Waals surface area (Å²) in [4.78, 5) is 11.9. The molecular weight excluding hydrogens is 284 g/mol. The Morgan fingerprint density at radius 2 is 1.86 bits per heavy atom. The fourth-order valence-electron chi connectivity index (χ4n) is 1.76. The van der Waals surface area contributed by atoms with Crippen molar-refractivity contribution in [2.24, 2.45) is 5.10 Å². The Balaban J connectivity index is 1.99. The van der Waals surface area contributed by atoms with Crippen molar-refractivity contribution in [2.45, 2.75) is 0 Å². The molecule has 2 N–H and O–H groups in total. The van der Waals surface area contributed by atoms with Crippen LogP contribution in [0.5, 0.6) is 17.2 Å². The predicted octanol–water partition coefficient (Wildman–Crippen LogP) is 2.17. The van der Waals surface area contributed by atoms with E-state index in [0.29, 0.717) is 22.6 Å². The molecule has 0 heterocycles. The first-order valence-electron chi connectivity index (χ1n) is 6.48. The third-order valence-corrected chi connectivity index (χ3v) is 2.93. The van der Waals surface area contributed by atoms with E-state index in [1.165, 1.54) is 19.4 Å². The van der Waals surface area contributed by atoms with E-state index >= 15 is 0 Å². The first-order chi connectivity index (χ1) is 10.6. The van der Waals surface area contributed by atoms with Gasteiger partial charge in [0.1, 0.15) is 5.75 Å². The molecule has 114 valence electrons. The zero-order valence-electron chi connectivity index (χ0n) is 12.2. The minimum absolute atomic E-state index is 0.00734. The highest BCUT2D eigenvalue weighted by atomic mass is 16.5. The highest BCUT2D eigenvalue weighted by Gasteiger charge is 2.04. The maximum absolute atomic E-state index is 11.9. The molecule has 0 saturated carbocycles. The number of aromatic hydroxyl groups is 1. The maximum atomic E-state index is 11.9. The van der Waals surface area contributed by atoms with Gasteiger partial charge in [0.2, 0.25) is 0 Å². The molecule has 0 aliphatic carbocycles. The molecule has 0 fully saturated rings. The molecule has 2 aromatic rings. The summed E-state index contributed by atoms with van der Waals surface area (Å²) in [7, 11) is 3.03. The van der Waals surface area contributed by atoms with Gasteiger partial charge in [-0.15, -0.1) is 0 Å². The standard InChI is InChI=1S/C16H16N2O4/c1-21-13-6-4-12(5-7-13)16(20)18-17-10-11-3-8-15(22-2)14(19)9-11/h3-10,19H,1-2H3,(H,18,20)/b17-10-. The van der Waals surface area contributed by atoms with E-state index in [4.69, 9.17) is 9.47 Å². The van der Waals surface area contributed by atoms with E-state index in [1.54, 1.807) is 43.5 Å².